The maximum absolute atomic E-state index is 13.0. The van der Waals surface area contributed by atoms with E-state index in [4.69, 9.17) is 0 Å². The molecule has 1 heterocycles. The van der Waals surface area contributed by atoms with Crippen LogP contribution in [0.5, 0.6) is 0 Å². The fourth-order valence-electron chi connectivity index (χ4n) is 1.40. The highest BCUT2D eigenvalue weighted by Gasteiger charge is 2.19. The van der Waals surface area contributed by atoms with E-state index in [-0.39, 0.29) is 17.2 Å². The lowest BCUT2D eigenvalue weighted by Gasteiger charge is -2.21. The second kappa shape index (κ2) is 5.69. The topological polar surface area (TPSA) is 37.8 Å². The van der Waals surface area contributed by atoms with Gasteiger partial charge in [0.05, 0.1) is 0 Å². The minimum absolute atomic E-state index is 0.0483. The van der Waals surface area contributed by atoms with Crippen molar-refractivity contribution < 1.29 is 8.78 Å². The summed E-state index contributed by atoms with van der Waals surface area (Å²) in [7, 11) is 0. The summed E-state index contributed by atoms with van der Waals surface area (Å²) in [5, 5.41) is 3.17. The van der Waals surface area contributed by atoms with Gasteiger partial charge in [-0.2, -0.15) is 0 Å². The van der Waals surface area contributed by atoms with Crippen molar-refractivity contribution in [3.05, 3.63) is 23.3 Å². The van der Waals surface area contributed by atoms with Gasteiger partial charge in [0.2, 0.25) is 0 Å². The van der Waals surface area contributed by atoms with E-state index in [1.165, 1.54) is 6.20 Å². The highest BCUT2D eigenvalue weighted by Crippen LogP contribution is 2.22. The Bertz CT molecular complexity index is 398. The molecule has 0 fully saturated rings. The Labute approximate surface area is 107 Å². The molecular weight excluding hydrogens is 236 g/mol. The van der Waals surface area contributed by atoms with Crippen LogP contribution in [-0.2, 0) is 6.54 Å². The van der Waals surface area contributed by atoms with E-state index in [1.807, 2.05) is 34.6 Å². The summed E-state index contributed by atoms with van der Waals surface area (Å²) in [6, 6.07) is 0. The average Bonchev–Trinajstić information content (AvgIpc) is 2.24. The summed E-state index contributed by atoms with van der Waals surface area (Å²) in [4.78, 5) is 8.11. The Balaban J connectivity index is 2.97. The molecule has 0 saturated heterocycles. The van der Waals surface area contributed by atoms with Crippen LogP contribution in [0.25, 0.3) is 0 Å². The molecule has 1 aromatic heterocycles. The standard InChI is InChI=1S/C13H21F2N3/c1-8(2)12-16-6-9(7-17-13(3,4)5)10(18-12)11(14)15/h6,8,11,17H,7H2,1-5H3. The molecule has 18 heavy (non-hydrogen) atoms. The molecule has 1 N–H and O–H groups in total. The van der Waals surface area contributed by atoms with Gasteiger partial charge in [0.25, 0.3) is 6.43 Å². The van der Waals surface area contributed by atoms with Gasteiger partial charge in [0, 0.05) is 29.8 Å². The molecule has 0 amide bonds. The van der Waals surface area contributed by atoms with E-state index in [0.29, 0.717) is 17.9 Å². The third kappa shape index (κ3) is 4.29. The molecule has 1 rings (SSSR count). The van der Waals surface area contributed by atoms with Gasteiger partial charge in [0.1, 0.15) is 11.5 Å². The van der Waals surface area contributed by atoms with E-state index in [9.17, 15) is 8.78 Å². The average molecular weight is 257 g/mol. The minimum atomic E-state index is -2.57. The first-order chi connectivity index (χ1) is 8.20. The molecule has 5 heteroatoms. The molecule has 102 valence electrons. The maximum Gasteiger partial charge on any atom is 0.280 e. The molecule has 0 spiro atoms. The van der Waals surface area contributed by atoms with Crippen LogP contribution in [0.15, 0.2) is 6.20 Å². The van der Waals surface area contributed by atoms with Crippen molar-refractivity contribution in [1.82, 2.24) is 15.3 Å². The Morgan fingerprint density at radius 1 is 1.28 bits per heavy atom. The summed E-state index contributed by atoms with van der Waals surface area (Å²) in [5.41, 5.74) is 0.172. The Morgan fingerprint density at radius 2 is 1.89 bits per heavy atom. The zero-order valence-electron chi connectivity index (χ0n) is 11.6. The zero-order valence-corrected chi connectivity index (χ0v) is 11.6. The van der Waals surface area contributed by atoms with Crippen LogP contribution in [0.3, 0.4) is 0 Å². The third-order valence-corrected chi connectivity index (χ3v) is 2.45. The Kier molecular flexibility index (Phi) is 4.73. The van der Waals surface area contributed by atoms with Crippen molar-refractivity contribution >= 4 is 0 Å². The van der Waals surface area contributed by atoms with E-state index < -0.39 is 6.43 Å². The number of nitrogens with zero attached hydrogens (tertiary/aromatic N) is 2. The van der Waals surface area contributed by atoms with Gasteiger partial charge in [-0.1, -0.05) is 13.8 Å². The van der Waals surface area contributed by atoms with Crippen molar-refractivity contribution in [2.75, 3.05) is 0 Å². The molecule has 0 unspecified atom stereocenters. The monoisotopic (exact) mass is 257 g/mol. The number of hydrogen-bond acceptors (Lipinski definition) is 3. The van der Waals surface area contributed by atoms with E-state index in [2.05, 4.69) is 15.3 Å². The quantitative estimate of drug-likeness (QED) is 0.898. The fourth-order valence-corrected chi connectivity index (χ4v) is 1.40. The van der Waals surface area contributed by atoms with Gasteiger partial charge in [-0.25, -0.2) is 18.7 Å². The lowest BCUT2D eigenvalue weighted by atomic mass is 10.1. The Morgan fingerprint density at radius 3 is 2.33 bits per heavy atom. The largest absolute Gasteiger partial charge is 0.308 e. The molecule has 0 radical (unpaired) electrons. The van der Waals surface area contributed by atoms with Crippen LogP contribution in [0, 0.1) is 0 Å². The molecule has 0 aliphatic carbocycles. The van der Waals surface area contributed by atoms with Gasteiger partial charge >= 0.3 is 0 Å². The second-order valence-corrected chi connectivity index (χ2v) is 5.70. The van der Waals surface area contributed by atoms with Crippen molar-refractivity contribution in [3.8, 4) is 0 Å². The van der Waals surface area contributed by atoms with Crippen molar-refractivity contribution in [3.63, 3.8) is 0 Å². The number of halogens is 2. The molecule has 0 aliphatic rings. The maximum atomic E-state index is 13.0. The van der Waals surface area contributed by atoms with Gasteiger partial charge in [0.15, 0.2) is 0 Å². The van der Waals surface area contributed by atoms with Gasteiger partial charge < -0.3 is 5.32 Å². The first-order valence-corrected chi connectivity index (χ1v) is 6.09. The minimum Gasteiger partial charge on any atom is -0.308 e. The summed E-state index contributed by atoms with van der Waals surface area (Å²) in [6.45, 7) is 10.1. The zero-order chi connectivity index (χ0) is 13.9. The smallest absolute Gasteiger partial charge is 0.280 e. The number of rotatable bonds is 4. The van der Waals surface area contributed by atoms with Gasteiger partial charge in [-0.15, -0.1) is 0 Å². The van der Waals surface area contributed by atoms with Crippen LogP contribution in [0.4, 0.5) is 8.78 Å². The summed E-state index contributed by atoms with van der Waals surface area (Å²) in [6.07, 6.45) is -1.06. The predicted molar refractivity (Wildman–Crippen MR) is 67.7 cm³/mol. The first kappa shape index (κ1) is 15.0. The summed E-state index contributed by atoms with van der Waals surface area (Å²) in [5.74, 6) is 0.511. The van der Waals surface area contributed by atoms with Crippen molar-refractivity contribution in [2.45, 2.75) is 59.0 Å². The second-order valence-electron chi connectivity index (χ2n) is 5.70. The molecule has 0 aliphatic heterocycles. The highest BCUT2D eigenvalue weighted by molar-refractivity contribution is 5.19. The van der Waals surface area contributed by atoms with Crippen LogP contribution in [0.2, 0.25) is 0 Å². The molecule has 0 aromatic carbocycles. The molecule has 0 atom stereocenters. The number of alkyl halides is 2. The normalized spacial score (nSPS) is 12.5. The van der Waals surface area contributed by atoms with E-state index >= 15 is 0 Å². The van der Waals surface area contributed by atoms with Crippen LogP contribution in [0.1, 0.15) is 64.0 Å². The van der Waals surface area contributed by atoms with Gasteiger partial charge in [-0.05, 0) is 20.8 Å². The number of nitrogens with one attached hydrogen (secondary N) is 1. The molecule has 3 nitrogen and oxygen atoms in total. The molecule has 0 saturated carbocycles. The van der Waals surface area contributed by atoms with E-state index in [1.54, 1.807) is 0 Å². The highest BCUT2D eigenvalue weighted by atomic mass is 19.3. The lowest BCUT2D eigenvalue weighted by molar-refractivity contribution is 0.143. The number of hydrogen-bond donors (Lipinski definition) is 1. The summed E-state index contributed by atoms with van der Waals surface area (Å²) < 4.78 is 25.9. The van der Waals surface area contributed by atoms with Crippen LogP contribution in [-0.4, -0.2) is 15.5 Å². The number of aromatic nitrogens is 2. The van der Waals surface area contributed by atoms with Gasteiger partial charge in [-0.3, -0.25) is 0 Å². The van der Waals surface area contributed by atoms with Crippen LogP contribution < -0.4 is 5.32 Å². The van der Waals surface area contributed by atoms with Crippen molar-refractivity contribution in [1.29, 1.82) is 0 Å². The predicted octanol–water partition coefficient (Wildman–Crippen LogP) is 3.43. The lowest BCUT2D eigenvalue weighted by Crippen LogP contribution is -2.35. The molecule has 1 aromatic rings. The van der Waals surface area contributed by atoms with Crippen LogP contribution >= 0.6 is 0 Å². The fraction of sp³-hybridized carbons (Fsp3) is 0.692. The third-order valence-electron chi connectivity index (χ3n) is 2.45. The molecular formula is C13H21F2N3. The Hall–Kier alpha value is -1.10. The molecule has 0 bridgehead atoms. The first-order valence-electron chi connectivity index (χ1n) is 6.09. The van der Waals surface area contributed by atoms with Crippen molar-refractivity contribution in [2.24, 2.45) is 0 Å². The van der Waals surface area contributed by atoms with E-state index in [0.717, 1.165) is 0 Å². The summed E-state index contributed by atoms with van der Waals surface area (Å²) >= 11 is 0. The SMILES string of the molecule is CC(C)c1ncc(CNC(C)(C)C)c(C(F)F)n1.